The molecule has 5 rings (SSSR count). The fourth-order valence-electron chi connectivity index (χ4n) is 4.62. The maximum atomic E-state index is 13.5. The molecule has 0 spiro atoms. The Bertz CT molecular complexity index is 1220. The first kappa shape index (κ1) is 22.8. The second kappa shape index (κ2) is 10.1. The number of likely N-dealkylation sites (tertiary alicyclic amines) is 2. The highest BCUT2D eigenvalue weighted by molar-refractivity contribution is 6.00. The van der Waals surface area contributed by atoms with Crippen LogP contribution in [0.4, 0.5) is 0 Å². The van der Waals surface area contributed by atoms with Crippen molar-refractivity contribution >= 4 is 17.5 Å². The van der Waals surface area contributed by atoms with Gasteiger partial charge in [-0.25, -0.2) is 0 Å². The highest BCUT2D eigenvalue weighted by Gasteiger charge is 2.38. The molecule has 0 radical (unpaired) electrons. The van der Waals surface area contributed by atoms with Crippen LogP contribution in [0.1, 0.15) is 47.4 Å². The van der Waals surface area contributed by atoms with Crippen molar-refractivity contribution < 1.29 is 18.9 Å². The van der Waals surface area contributed by atoms with E-state index < -0.39 is 6.04 Å². The summed E-state index contributed by atoms with van der Waals surface area (Å²) >= 11 is 0. The Morgan fingerprint density at radius 2 is 1.77 bits per heavy atom. The average molecular weight is 474 g/mol. The van der Waals surface area contributed by atoms with Gasteiger partial charge in [0.15, 0.2) is 5.82 Å². The normalized spacial score (nSPS) is 18.9. The molecular weight excluding hydrogens is 446 g/mol. The summed E-state index contributed by atoms with van der Waals surface area (Å²) in [5, 5.41) is 8.07. The van der Waals surface area contributed by atoms with Gasteiger partial charge in [0.1, 0.15) is 13.2 Å². The zero-order chi connectivity index (χ0) is 24.2. The summed E-state index contributed by atoms with van der Waals surface area (Å²) in [7, 11) is 1.48. The van der Waals surface area contributed by atoms with Gasteiger partial charge in [0.25, 0.3) is 5.91 Å². The number of carbonyl (C=O) groups is 2. The van der Waals surface area contributed by atoms with Gasteiger partial charge in [0.2, 0.25) is 11.8 Å². The number of aromatic nitrogens is 2. The summed E-state index contributed by atoms with van der Waals surface area (Å²) in [4.78, 5) is 38.8. The molecule has 2 aliphatic rings. The smallest absolute Gasteiger partial charge is 0.254 e. The van der Waals surface area contributed by atoms with E-state index in [-0.39, 0.29) is 18.2 Å². The Morgan fingerprint density at radius 3 is 2.49 bits per heavy atom. The van der Waals surface area contributed by atoms with Crippen LogP contribution in [0.25, 0.3) is 11.1 Å². The number of carbonyl (C=O) groups excluding carboxylic acids is 2. The first-order valence-electron chi connectivity index (χ1n) is 11.8. The summed E-state index contributed by atoms with van der Waals surface area (Å²) in [5.41, 5.74) is 3.38. The lowest BCUT2D eigenvalue weighted by atomic mass is 10.0. The minimum absolute atomic E-state index is 0.00524. The van der Waals surface area contributed by atoms with Crippen LogP contribution < -0.4 is 0 Å². The fourth-order valence-corrected chi connectivity index (χ4v) is 4.62. The topological polar surface area (TPSA) is 101 Å². The molecule has 0 bridgehead atoms. The zero-order valence-electron chi connectivity index (χ0n) is 19.6. The van der Waals surface area contributed by atoms with Crippen molar-refractivity contribution in [2.45, 2.75) is 31.7 Å². The van der Waals surface area contributed by atoms with E-state index in [1.807, 2.05) is 59.5 Å². The van der Waals surface area contributed by atoms with Gasteiger partial charge in [-0.3, -0.25) is 9.59 Å². The van der Waals surface area contributed by atoms with Crippen LogP contribution >= 0.6 is 0 Å². The summed E-state index contributed by atoms with van der Waals surface area (Å²) in [5.74, 6) is 0.455. The van der Waals surface area contributed by atoms with E-state index in [4.69, 9.17) is 9.36 Å². The molecule has 1 atom stereocenters. The highest BCUT2D eigenvalue weighted by atomic mass is 16.6. The summed E-state index contributed by atoms with van der Waals surface area (Å²) in [6, 6.07) is 17.0. The van der Waals surface area contributed by atoms with Crippen LogP contribution in [0.15, 0.2) is 64.3 Å². The molecule has 2 fully saturated rings. The van der Waals surface area contributed by atoms with E-state index in [2.05, 4.69) is 15.3 Å². The monoisotopic (exact) mass is 473 g/mol. The third kappa shape index (κ3) is 4.94. The van der Waals surface area contributed by atoms with Gasteiger partial charge in [-0.15, -0.1) is 0 Å². The molecule has 2 amide bonds. The summed E-state index contributed by atoms with van der Waals surface area (Å²) in [6.45, 7) is 1.84. The molecule has 2 aliphatic heterocycles. The molecule has 180 valence electrons. The Balaban J connectivity index is 1.34. The van der Waals surface area contributed by atoms with Crippen LogP contribution in [0.5, 0.6) is 0 Å². The quantitative estimate of drug-likeness (QED) is 0.508. The fraction of sp³-hybridized carbons (Fsp3) is 0.346. The van der Waals surface area contributed by atoms with Crippen LogP contribution in [0, 0.1) is 0 Å². The Hall–Kier alpha value is -4.01. The van der Waals surface area contributed by atoms with Crippen LogP contribution in [-0.2, 0) is 16.1 Å². The molecule has 0 aliphatic carbocycles. The van der Waals surface area contributed by atoms with E-state index >= 15 is 0 Å². The van der Waals surface area contributed by atoms with Crippen molar-refractivity contribution in [1.82, 2.24) is 19.9 Å². The first-order chi connectivity index (χ1) is 17.1. The number of benzene rings is 2. The predicted molar refractivity (Wildman–Crippen MR) is 129 cm³/mol. The Labute approximate surface area is 203 Å². The standard InChI is InChI=1S/C26H27N5O4/c1-34-28-21-15-22(25-27-23(29-35-25)16-24(32)30-13-5-6-14-30)31(17-21)26(33)20-11-9-19(10-12-20)18-7-3-2-4-8-18/h2-4,7-12,22H,5-6,13-17H2,1H3/t22-/m0/s1. The third-order valence-electron chi connectivity index (χ3n) is 6.42. The van der Waals surface area contributed by atoms with Crippen molar-refractivity contribution in [3.05, 3.63) is 71.9 Å². The number of rotatable bonds is 6. The van der Waals surface area contributed by atoms with Gasteiger partial charge < -0.3 is 19.2 Å². The maximum absolute atomic E-state index is 13.5. The van der Waals surface area contributed by atoms with Crippen LogP contribution in [-0.4, -0.2) is 64.2 Å². The number of oxime groups is 1. The van der Waals surface area contributed by atoms with Gasteiger partial charge in [0, 0.05) is 25.1 Å². The van der Waals surface area contributed by atoms with Gasteiger partial charge in [0.05, 0.1) is 18.7 Å². The molecule has 9 heteroatoms. The van der Waals surface area contributed by atoms with Crippen molar-refractivity contribution in [1.29, 1.82) is 0 Å². The maximum Gasteiger partial charge on any atom is 0.254 e. The van der Waals surface area contributed by atoms with Gasteiger partial charge in [-0.1, -0.05) is 52.8 Å². The van der Waals surface area contributed by atoms with Crippen molar-refractivity contribution in [2.75, 3.05) is 26.7 Å². The van der Waals surface area contributed by atoms with E-state index in [9.17, 15) is 9.59 Å². The molecule has 0 saturated carbocycles. The van der Waals surface area contributed by atoms with E-state index in [1.54, 1.807) is 4.90 Å². The molecule has 3 heterocycles. The lowest BCUT2D eigenvalue weighted by molar-refractivity contribution is -0.129. The SMILES string of the molecule is CON=C1C[C@@H](c2nc(CC(=O)N3CCCC3)no2)N(C(=O)c2ccc(-c3ccccc3)cc2)C1. The lowest BCUT2D eigenvalue weighted by Gasteiger charge is -2.21. The third-order valence-corrected chi connectivity index (χ3v) is 6.42. The number of hydrogen-bond donors (Lipinski definition) is 0. The predicted octanol–water partition coefficient (Wildman–Crippen LogP) is 3.49. The number of amides is 2. The summed E-state index contributed by atoms with van der Waals surface area (Å²) < 4.78 is 5.51. The summed E-state index contributed by atoms with van der Waals surface area (Å²) in [6.07, 6.45) is 2.56. The van der Waals surface area contributed by atoms with Crippen LogP contribution in [0.2, 0.25) is 0 Å². The first-order valence-corrected chi connectivity index (χ1v) is 11.8. The molecule has 2 aromatic carbocycles. The zero-order valence-corrected chi connectivity index (χ0v) is 19.6. The van der Waals surface area contributed by atoms with Crippen molar-refractivity contribution in [3.8, 4) is 11.1 Å². The number of hydrogen-bond acceptors (Lipinski definition) is 7. The van der Waals surface area contributed by atoms with Gasteiger partial charge in [-0.05, 0) is 36.1 Å². The molecule has 3 aromatic rings. The minimum Gasteiger partial charge on any atom is -0.399 e. The molecule has 2 saturated heterocycles. The van der Waals surface area contributed by atoms with Gasteiger partial charge in [-0.2, -0.15) is 4.98 Å². The lowest BCUT2D eigenvalue weighted by Crippen LogP contribution is -2.31. The molecule has 9 nitrogen and oxygen atoms in total. The average Bonchev–Trinajstić information content (AvgIpc) is 3.66. The van der Waals surface area contributed by atoms with Crippen molar-refractivity contribution in [3.63, 3.8) is 0 Å². The second-order valence-corrected chi connectivity index (χ2v) is 8.75. The second-order valence-electron chi connectivity index (χ2n) is 8.75. The minimum atomic E-state index is -0.478. The number of nitrogens with zero attached hydrogens (tertiary/aromatic N) is 5. The molecule has 0 N–H and O–H groups in total. The molecule has 35 heavy (non-hydrogen) atoms. The highest BCUT2D eigenvalue weighted by Crippen LogP contribution is 2.32. The molecular formula is C26H27N5O4. The van der Waals surface area contributed by atoms with E-state index in [0.29, 0.717) is 36.0 Å². The Kier molecular flexibility index (Phi) is 6.56. The molecule has 1 aromatic heterocycles. The largest absolute Gasteiger partial charge is 0.399 e. The van der Waals surface area contributed by atoms with E-state index in [0.717, 1.165) is 37.1 Å². The Morgan fingerprint density at radius 1 is 1.06 bits per heavy atom. The van der Waals surface area contributed by atoms with Crippen LogP contribution in [0.3, 0.4) is 0 Å². The van der Waals surface area contributed by atoms with Gasteiger partial charge >= 0.3 is 0 Å². The van der Waals surface area contributed by atoms with E-state index in [1.165, 1.54) is 7.11 Å². The van der Waals surface area contributed by atoms with Crippen molar-refractivity contribution in [2.24, 2.45) is 5.16 Å². The molecule has 0 unspecified atom stereocenters.